The van der Waals surface area contributed by atoms with Gasteiger partial charge >= 0.3 is 5.97 Å². The van der Waals surface area contributed by atoms with Gasteiger partial charge in [-0.15, -0.1) is 0 Å². The van der Waals surface area contributed by atoms with Gasteiger partial charge in [0, 0.05) is 31.8 Å². The van der Waals surface area contributed by atoms with Crippen molar-refractivity contribution in [3.8, 4) is 11.5 Å². The van der Waals surface area contributed by atoms with Crippen LogP contribution < -0.4 is 14.2 Å². The second kappa shape index (κ2) is 11.5. The lowest BCUT2D eigenvalue weighted by atomic mass is 10.0. The van der Waals surface area contributed by atoms with E-state index in [2.05, 4.69) is 33.4 Å². The van der Waals surface area contributed by atoms with Crippen LogP contribution in [0.3, 0.4) is 0 Å². The number of likely N-dealkylation sites (tertiary alicyclic amines) is 1. The lowest BCUT2D eigenvalue weighted by Gasteiger charge is -2.32. The molecule has 1 aliphatic heterocycles. The summed E-state index contributed by atoms with van der Waals surface area (Å²) in [6.45, 7) is 4.55. The van der Waals surface area contributed by atoms with Crippen molar-refractivity contribution in [2.75, 3.05) is 34.4 Å². The van der Waals surface area contributed by atoms with Gasteiger partial charge in [0.2, 0.25) is 10.0 Å². The van der Waals surface area contributed by atoms with Crippen molar-refractivity contribution in [2.45, 2.75) is 37.2 Å². The quantitative estimate of drug-likeness (QED) is 0.428. The summed E-state index contributed by atoms with van der Waals surface area (Å²) in [6, 6.07) is 11.2. The lowest BCUT2D eigenvalue weighted by molar-refractivity contribution is -0.134. The molecule has 8 nitrogen and oxygen atoms in total. The largest absolute Gasteiger partial charge is 0.493 e. The highest BCUT2D eigenvalue weighted by molar-refractivity contribution is 7.89. The number of esters is 1. The van der Waals surface area contributed by atoms with E-state index in [1.807, 2.05) is 12.1 Å². The Hall–Kier alpha value is -2.88. The molecule has 0 saturated carbocycles. The van der Waals surface area contributed by atoms with Crippen LogP contribution in [-0.2, 0) is 26.1 Å². The van der Waals surface area contributed by atoms with Gasteiger partial charge in [-0.3, -0.25) is 4.90 Å². The maximum Gasteiger partial charge on any atom is 0.330 e. The Bertz CT molecular complexity index is 1140. The monoisotopic (exact) mass is 488 g/mol. The second-order valence-corrected chi connectivity index (χ2v) is 9.89. The van der Waals surface area contributed by atoms with Crippen molar-refractivity contribution in [3.05, 3.63) is 59.2 Å². The summed E-state index contributed by atoms with van der Waals surface area (Å²) in [4.78, 5) is 13.8. The highest BCUT2D eigenvalue weighted by Crippen LogP contribution is 2.36. The molecule has 9 heteroatoms. The van der Waals surface area contributed by atoms with Gasteiger partial charge in [0.15, 0.2) is 11.5 Å². The molecule has 0 aromatic heterocycles. The zero-order valence-electron chi connectivity index (χ0n) is 20.0. The van der Waals surface area contributed by atoms with Gasteiger partial charge in [0.05, 0.1) is 21.3 Å². The Labute approximate surface area is 201 Å². The fourth-order valence-corrected chi connectivity index (χ4v) is 5.52. The van der Waals surface area contributed by atoms with E-state index in [4.69, 9.17) is 9.47 Å². The molecule has 34 heavy (non-hydrogen) atoms. The summed E-state index contributed by atoms with van der Waals surface area (Å²) in [5.41, 5.74) is 3.01. The fraction of sp³-hybridized carbons (Fsp3) is 0.400. The molecule has 3 rings (SSSR count). The van der Waals surface area contributed by atoms with Crippen molar-refractivity contribution in [3.63, 3.8) is 0 Å². The smallest absolute Gasteiger partial charge is 0.330 e. The van der Waals surface area contributed by atoms with Crippen LogP contribution in [0.15, 0.2) is 47.4 Å². The van der Waals surface area contributed by atoms with Crippen molar-refractivity contribution in [1.82, 2.24) is 9.62 Å². The van der Waals surface area contributed by atoms with Crippen molar-refractivity contribution >= 4 is 22.1 Å². The third-order valence-corrected chi connectivity index (χ3v) is 7.46. The fourth-order valence-electron chi connectivity index (χ4n) is 4.00. The number of carbonyl (C=O) groups excluding carboxylic acids is 1. The minimum Gasteiger partial charge on any atom is -0.493 e. The number of piperidine rings is 1. The van der Waals surface area contributed by atoms with Crippen LogP contribution in [-0.4, -0.2) is 59.7 Å². The summed E-state index contributed by atoms with van der Waals surface area (Å²) in [5.74, 6) is -0.181. The van der Waals surface area contributed by atoms with Crippen LogP contribution >= 0.6 is 0 Å². The Morgan fingerprint density at radius 1 is 1.12 bits per heavy atom. The first-order chi connectivity index (χ1) is 16.3. The Morgan fingerprint density at radius 3 is 2.44 bits per heavy atom. The van der Waals surface area contributed by atoms with E-state index >= 15 is 0 Å². The molecule has 1 N–H and O–H groups in total. The molecule has 1 heterocycles. The second-order valence-electron chi connectivity index (χ2n) is 8.21. The molecule has 2 aromatic rings. The SMILES string of the molecule is COC(=O)/C=C/c1cc(OC)c(OC)c(S(=O)(=O)NC2CCN(Cc3ccccc3C)CC2)c1. The number of aryl methyl sites for hydroxylation is 1. The predicted octanol–water partition coefficient (Wildman–Crippen LogP) is 3.14. The van der Waals surface area contributed by atoms with Gasteiger partial charge in [-0.25, -0.2) is 17.9 Å². The van der Waals surface area contributed by atoms with Gasteiger partial charge in [0.1, 0.15) is 4.90 Å². The highest BCUT2D eigenvalue weighted by atomic mass is 32.2. The third kappa shape index (κ3) is 6.37. The maximum absolute atomic E-state index is 13.3. The van der Waals surface area contributed by atoms with E-state index in [1.54, 1.807) is 6.07 Å². The normalized spacial score (nSPS) is 15.4. The number of benzene rings is 2. The van der Waals surface area contributed by atoms with Gasteiger partial charge in [0.25, 0.3) is 0 Å². The number of nitrogens with one attached hydrogen (secondary N) is 1. The molecule has 0 amide bonds. The van der Waals surface area contributed by atoms with E-state index in [-0.39, 0.29) is 22.4 Å². The number of nitrogens with zero attached hydrogens (tertiary/aromatic N) is 1. The van der Waals surface area contributed by atoms with Crippen molar-refractivity contribution < 1.29 is 27.4 Å². The van der Waals surface area contributed by atoms with E-state index in [0.29, 0.717) is 18.4 Å². The van der Waals surface area contributed by atoms with Crippen LogP contribution in [0.4, 0.5) is 0 Å². The average Bonchev–Trinajstić information content (AvgIpc) is 2.84. The molecule has 0 aliphatic carbocycles. The minimum atomic E-state index is -3.91. The number of rotatable bonds is 9. The molecule has 184 valence electrons. The minimum absolute atomic E-state index is 0.0406. The maximum atomic E-state index is 13.3. The molecule has 2 aromatic carbocycles. The number of sulfonamides is 1. The van der Waals surface area contributed by atoms with Gasteiger partial charge < -0.3 is 14.2 Å². The van der Waals surface area contributed by atoms with E-state index in [9.17, 15) is 13.2 Å². The van der Waals surface area contributed by atoms with Crippen LogP contribution in [0.25, 0.3) is 6.08 Å². The summed E-state index contributed by atoms with van der Waals surface area (Å²) in [6.07, 6.45) is 4.09. The summed E-state index contributed by atoms with van der Waals surface area (Å²) < 4.78 is 44.8. The predicted molar refractivity (Wildman–Crippen MR) is 130 cm³/mol. The van der Waals surface area contributed by atoms with Crippen LogP contribution in [0.1, 0.15) is 29.5 Å². The molecule has 0 bridgehead atoms. The Kier molecular flexibility index (Phi) is 8.71. The molecular formula is C25H32N2O6S. The molecule has 0 radical (unpaired) electrons. The van der Waals surface area contributed by atoms with E-state index in [0.717, 1.165) is 19.6 Å². The highest BCUT2D eigenvalue weighted by Gasteiger charge is 2.29. The first-order valence-corrected chi connectivity index (χ1v) is 12.6. The van der Waals surface area contributed by atoms with Crippen molar-refractivity contribution in [1.29, 1.82) is 0 Å². The lowest BCUT2D eigenvalue weighted by Crippen LogP contribution is -2.44. The molecule has 0 atom stereocenters. The number of methoxy groups -OCH3 is 3. The zero-order valence-corrected chi connectivity index (χ0v) is 20.9. The molecular weight excluding hydrogens is 456 g/mol. The van der Waals surface area contributed by atoms with Crippen molar-refractivity contribution in [2.24, 2.45) is 0 Å². The molecule has 1 aliphatic rings. The molecule has 0 unspecified atom stereocenters. The summed E-state index contributed by atoms with van der Waals surface area (Å²) in [7, 11) is 0.187. The number of hydrogen-bond acceptors (Lipinski definition) is 7. The van der Waals surface area contributed by atoms with Crippen LogP contribution in [0.2, 0.25) is 0 Å². The number of carbonyl (C=O) groups is 1. The topological polar surface area (TPSA) is 94.2 Å². The Balaban J connectivity index is 1.75. The summed E-state index contributed by atoms with van der Waals surface area (Å²) in [5, 5.41) is 0. The zero-order chi connectivity index (χ0) is 24.7. The van der Waals surface area contributed by atoms with Gasteiger partial charge in [-0.05, 0) is 54.7 Å². The first kappa shape index (κ1) is 25.7. The standard InChI is InChI=1S/C25H32N2O6S/c1-18-7-5-6-8-20(18)17-27-13-11-21(12-14-27)26-34(29,30)23-16-19(9-10-24(28)32-3)15-22(31-2)25(23)33-4/h5-10,15-16,21,26H,11-14,17H2,1-4H3/b10-9+. The van der Waals surface area contributed by atoms with E-state index < -0.39 is 16.0 Å². The first-order valence-electron chi connectivity index (χ1n) is 11.1. The third-order valence-electron chi connectivity index (χ3n) is 5.93. The molecule has 1 saturated heterocycles. The number of hydrogen-bond donors (Lipinski definition) is 1. The van der Waals surface area contributed by atoms with Crippen LogP contribution in [0.5, 0.6) is 11.5 Å². The molecule has 1 fully saturated rings. The number of ether oxygens (including phenoxy) is 3. The van der Waals surface area contributed by atoms with Gasteiger partial charge in [-0.1, -0.05) is 24.3 Å². The summed E-state index contributed by atoms with van der Waals surface area (Å²) >= 11 is 0. The van der Waals surface area contributed by atoms with Crippen LogP contribution in [0, 0.1) is 6.92 Å². The van der Waals surface area contributed by atoms with Gasteiger partial charge in [-0.2, -0.15) is 0 Å². The Morgan fingerprint density at radius 2 is 1.82 bits per heavy atom. The average molecular weight is 489 g/mol. The van der Waals surface area contributed by atoms with E-state index in [1.165, 1.54) is 50.7 Å². The molecule has 0 spiro atoms.